The van der Waals surface area contributed by atoms with E-state index in [9.17, 15) is 5.11 Å². The van der Waals surface area contributed by atoms with Crippen molar-refractivity contribution in [1.82, 2.24) is 4.90 Å². The van der Waals surface area contributed by atoms with E-state index in [-0.39, 0.29) is 0 Å². The Labute approximate surface area is 126 Å². The summed E-state index contributed by atoms with van der Waals surface area (Å²) in [7, 11) is 0. The van der Waals surface area contributed by atoms with Gasteiger partial charge in [-0.3, -0.25) is 4.90 Å². The number of halogens is 1. The summed E-state index contributed by atoms with van der Waals surface area (Å²) in [6.45, 7) is 6.29. The maximum absolute atomic E-state index is 10.1. The largest absolute Gasteiger partial charge is 0.491 e. The van der Waals surface area contributed by atoms with Gasteiger partial charge in [-0.15, -0.1) is 0 Å². The van der Waals surface area contributed by atoms with Crippen molar-refractivity contribution in [3.05, 3.63) is 28.8 Å². The van der Waals surface area contributed by atoms with Crippen molar-refractivity contribution >= 4 is 11.6 Å². The number of rotatable bonds is 5. The first kappa shape index (κ1) is 15.6. The number of benzene rings is 1. The molecule has 1 aliphatic heterocycles. The van der Waals surface area contributed by atoms with Crippen molar-refractivity contribution in [2.45, 2.75) is 45.3 Å². The second kappa shape index (κ2) is 7.30. The molecule has 0 amide bonds. The zero-order chi connectivity index (χ0) is 14.5. The van der Waals surface area contributed by atoms with Gasteiger partial charge in [0.25, 0.3) is 0 Å². The van der Waals surface area contributed by atoms with Crippen LogP contribution in [0.2, 0.25) is 5.02 Å². The van der Waals surface area contributed by atoms with Gasteiger partial charge in [-0.05, 0) is 57.0 Å². The van der Waals surface area contributed by atoms with Crippen LogP contribution in [0.4, 0.5) is 0 Å². The highest BCUT2D eigenvalue weighted by Crippen LogP contribution is 2.22. The van der Waals surface area contributed by atoms with E-state index in [4.69, 9.17) is 16.3 Å². The minimum absolute atomic E-state index is 0.325. The molecule has 2 rings (SSSR count). The molecule has 1 aliphatic rings. The fourth-order valence-electron chi connectivity index (χ4n) is 2.71. The van der Waals surface area contributed by atoms with Crippen LogP contribution >= 0.6 is 11.6 Å². The zero-order valence-corrected chi connectivity index (χ0v) is 13.1. The highest BCUT2D eigenvalue weighted by Gasteiger charge is 2.21. The summed E-state index contributed by atoms with van der Waals surface area (Å²) in [6, 6.07) is 6.10. The maximum atomic E-state index is 10.1. The van der Waals surface area contributed by atoms with Gasteiger partial charge < -0.3 is 9.84 Å². The smallest absolute Gasteiger partial charge is 0.122 e. The molecule has 0 radical (unpaired) electrons. The number of β-amino-alcohol motifs (C(OH)–C–C–N with tert-alkyl or cyclic N) is 1. The first-order valence-corrected chi connectivity index (χ1v) is 7.75. The van der Waals surface area contributed by atoms with Gasteiger partial charge >= 0.3 is 0 Å². The SMILES string of the molecule is Cc1cc(Cl)ccc1OC[C@@H](O)CN1CCCC[C@H]1C. The number of piperidine rings is 1. The summed E-state index contributed by atoms with van der Waals surface area (Å²) in [4.78, 5) is 2.35. The van der Waals surface area contributed by atoms with Crippen molar-refractivity contribution in [1.29, 1.82) is 0 Å². The fraction of sp³-hybridized carbons (Fsp3) is 0.625. The molecule has 1 fully saturated rings. The van der Waals surface area contributed by atoms with Crippen molar-refractivity contribution in [2.24, 2.45) is 0 Å². The Morgan fingerprint density at radius 3 is 2.95 bits per heavy atom. The van der Waals surface area contributed by atoms with Crippen molar-refractivity contribution in [3.63, 3.8) is 0 Å². The molecule has 0 aromatic heterocycles. The van der Waals surface area contributed by atoms with E-state index in [0.717, 1.165) is 17.9 Å². The van der Waals surface area contributed by atoms with Gasteiger partial charge in [0.15, 0.2) is 0 Å². The number of ether oxygens (including phenoxy) is 1. The van der Waals surface area contributed by atoms with Gasteiger partial charge in [0.05, 0.1) is 0 Å². The Hall–Kier alpha value is -0.770. The van der Waals surface area contributed by atoms with Crippen LogP contribution in [0.15, 0.2) is 18.2 Å². The highest BCUT2D eigenvalue weighted by atomic mass is 35.5. The number of nitrogens with zero attached hydrogens (tertiary/aromatic N) is 1. The molecule has 1 saturated heterocycles. The Morgan fingerprint density at radius 2 is 2.25 bits per heavy atom. The number of hydrogen-bond donors (Lipinski definition) is 1. The Morgan fingerprint density at radius 1 is 1.45 bits per heavy atom. The van der Waals surface area contributed by atoms with Crippen LogP contribution in [-0.2, 0) is 0 Å². The molecule has 0 aliphatic carbocycles. The Balaban J connectivity index is 1.81. The fourth-order valence-corrected chi connectivity index (χ4v) is 2.94. The molecule has 20 heavy (non-hydrogen) atoms. The third-order valence-electron chi connectivity index (χ3n) is 3.95. The third-order valence-corrected chi connectivity index (χ3v) is 4.19. The van der Waals surface area contributed by atoms with Gasteiger partial charge in [0, 0.05) is 17.6 Å². The minimum Gasteiger partial charge on any atom is -0.491 e. The van der Waals surface area contributed by atoms with Crippen LogP contribution in [0.25, 0.3) is 0 Å². The average Bonchev–Trinajstić information content (AvgIpc) is 2.40. The molecule has 3 nitrogen and oxygen atoms in total. The quantitative estimate of drug-likeness (QED) is 0.905. The standard InChI is InChI=1S/C16H24ClNO2/c1-12-9-14(17)6-7-16(12)20-11-15(19)10-18-8-4-3-5-13(18)2/h6-7,9,13,15,19H,3-5,8,10-11H2,1-2H3/t13-,15+/m1/s1. The van der Waals surface area contributed by atoms with Crippen molar-refractivity contribution < 1.29 is 9.84 Å². The summed E-state index contributed by atoms with van der Waals surface area (Å²) in [6.07, 6.45) is 3.30. The Kier molecular flexibility index (Phi) is 5.70. The highest BCUT2D eigenvalue weighted by molar-refractivity contribution is 6.30. The minimum atomic E-state index is -0.453. The van der Waals surface area contributed by atoms with E-state index in [0.29, 0.717) is 24.2 Å². The van der Waals surface area contributed by atoms with Crippen molar-refractivity contribution in [2.75, 3.05) is 19.7 Å². The lowest BCUT2D eigenvalue weighted by molar-refractivity contribution is 0.0436. The average molecular weight is 298 g/mol. The third kappa shape index (κ3) is 4.37. The molecule has 0 spiro atoms. The molecule has 0 bridgehead atoms. The van der Waals surface area contributed by atoms with Gasteiger partial charge in [-0.1, -0.05) is 18.0 Å². The molecule has 1 aromatic rings. The molecule has 2 atom stereocenters. The summed E-state index contributed by atoms with van der Waals surface area (Å²) >= 11 is 5.91. The van der Waals surface area contributed by atoms with E-state index in [1.54, 1.807) is 0 Å². The Bertz CT molecular complexity index is 438. The number of aryl methyl sites for hydroxylation is 1. The van der Waals surface area contributed by atoms with Gasteiger partial charge in [-0.25, -0.2) is 0 Å². The lowest BCUT2D eigenvalue weighted by Gasteiger charge is -2.34. The zero-order valence-electron chi connectivity index (χ0n) is 12.3. The summed E-state index contributed by atoms with van der Waals surface area (Å²) in [5.74, 6) is 0.792. The second-order valence-electron chi connectivity index (χ2n) is 5.71. The molecule has 1 heterocycles. The van der Waals surface area contributed by atoms with Crippen LogP contribution in [0, 0.1) is 6.92 Å². The molecule has 112 valence electrons. The molecule has 1 N–H and O–H groups in total. The van der Waals surface area contributed by atoms with Crippen molar-refractivity contribution in [3.8, 4) is 5.75 Å². The predicted octanol–water partition coefficient (Wildman–Crippen LogP) is 3.26. The number of aliphatic hydroxyl groups excluding tert-OH is 1. The molecular weight excluding hydrogens is 274 g/mol. The molecular formula is C16H24ClNO2. The van der Waals surface area contributed by atoms with E-state index < -0.39 is 6.10 Å². The lowest BCUT2D eigenvalue weighted by Crippen LogP contribution is -2.43. The molecule has 0 unspecified atom stereocenters. The van der Waals surface area contributed by atoms with Gasteiger partial charge in [0.2, 0.25) is 0 Å². The maximum Gasteiger partial charge on any atom is 0.122 e. The van der Waals surface area contributed by atoms with Gasteiger partial charge in [-0.2, -0.15) is 0 Å². The van der Waals surface area contributed by atoms with E-state index in [1.165, 1.54) is 19.3 Å². The van der Waals surface area contributed by atoms with Crippen LogP contribution in [0.1, 0.15) is 31.7 Å². The molecule has 4 heteroatoms. The first-order chi connectivity index (χ1) is 9.56. The molecule has 1 aromatic carbocycles. The summed E-state index contributed by atoms with van der Waals surface area (Å²) in [5, 5.41) is 10.8. The lowest BCUT2D eigenvalue weighted by atomic mass is 10.0. The van der Waals surface area contributed by atoms with Crippen LogP contribution in [-0.4, -0.2) is 41.8 Å². The van der Waals surface area contributed by atoms with E-state index in [2.05, 4.69) is 11.8 Å². The summed E-state index contributed by atoms with van der Waals surface area (Å²) in [5.41, 5.74) is 0.996. The second-order valence-corrected chi connectivity index (χ2v) is 6.15. The van der Waals surface area contributed by atoms with E-state index >= 15 is 0 Å². The number of hydrogen-bond acceptors (Lipinski definition) is 3. The summed E-state index contributed by atoms with van der Waals surface area (Å²) < 4.78 is 5.70. The normalized spacial score (nSPS) is 21.7. The van der Waals surface area contributed by atoms with Gasteiger partial charge in [0.1, 0.15) is 18.5 Å². The first-order valence-electron chi connectivity index (χ1n) is 7.37. The number of likely N-dealkylation sites (tertiary alicyclic amines) is 1. The predicted molar refractivity (Wildman–Crippen MR) is 82.6 cm³/mol. The van der Waals surface area contributed by atoms with Crippen LogP contribution < -0.4 is 4.74 Å². The topological polar surface area (TPSA) is 32.7 Å². The van der Waals surface area contributed by atoms with E-state index in [1.807, 2.05) is 25.1 Å². The van der Waals surface area contributed by atoms with Crippen LogP contribution in [0.5, 0.6) is 5.75 Å². The number of aliphatic hydroxyl groups is 1. The molecule has 0 saturated carbocycles. The monoisotopic (exact) mass is 297 g/mol. The van der Waals surface area contributed by atoms with Crippen LogP contribution in [0.3, 0.4) is 0 Å².